The van der Waals surface area contributed by atoms with Crippen molar-refractivity contribution in [3.63, 3.8) is 0 Å². The van der Waals surface area contributed by atoms with Crippen molar-refractivity contribution in [1.82, 2.24) is 4.98 Å². The molecular weight excluding hydrogens is 337 g/mol. The molecule has 0 unspecified atom stereocenters. The molecule has 0 amide bonds. The van der Waals surface area contributed by atoms with Gasteiger partial charge < -0.3 is 4.74 Å². The van der Waals surface area contributed by atoms with Crippen molar-refractivity contribution in [2.75, 3.05) is 0 Å². The Morgan fingerprint density at radius 3 is 2.71 bits per heavy atom. The lowest BCUT2D eigenvalue weighted by Crippen LogP contribution is -1.95. The van der Waals surface area contributed by atoms with E-state index in [1.165, 1.54) is 18.2 Å². The van der Waals surface area contributed by atoms with Gasteiger partial charge in [-0.15, -0.1) is 0 Å². The first kappa shape index (κ1) is 13.7. The highest BCUT2D eigenvalue weighted by Crippen LogP contribution is 2.28. The number of aldehydes is 1. The van der Waals surface area contributed by atoms with Gasteiger partial charge in [0.1, 0.15) is 11.6 Å². The van der Waals surface area contributed by atoms with E-state index in [4.69, 9.17) is 4.74 Å². The van der Waals surface area contributed by atoms with Gasteiger partial charge in [0.2, 0.25) is 5.88 Å². The van der Waals surface area contributed by atoms with Gasteiger partial charge in [-0.1, -0.05) is 18.2 Å². The zero-order chi connectivity index (χ0) is 14.8. The highest BCUT2D eigenvalue weighted by atomic mass is 79.9. The van der Waals surface area contributed by atoms with Gasteiger partial charge in [-0.2, -0.15) is 0 Å². The summed E-state index contributed by atoms with van der Waals surface area (Å²) in [5, 5.41) is 0.854. The fourth-order valence-corrected chi connectivity index (χ4v) is 2.29. The van der Waals surface area contributed by atoms with Crippen LogP contribution >= 0.6 is 15.9 Å². The van der Waals surface area contributed by atoms with Crippen LogP contribution in [-0.4, -0.2) is 11.3 Å². The van der Waals surface area contributed by atoms with E-state index in [0.717, 1.165) is 10.9 Å². The summed E-state index contributed by atoms with van der Waals surface area (Å²) in [6, 6.07) is 13.4. The topological polar surface area (TPSA) is 39.2 Å². The molecule has 0 aliphatic carbocycles. The number of carbonyl (C=O) groups excluding carboxylic acids is 1. The molecule has 0 atom stereocenters. The fraction of sp³-hybridized carbons (Fsp3) is 0. The lowest BCUT2D eigenvalue weighted by atomic mass is 10.1. The average molecular weight is 346 g/mol. The van der Waals surface area contributed by atoms with Crippen LogP contribution in [0.4, 0.5) is 4.39 Å². The molecule has 2 aromatic carbocycles. The van der Waals surface area contributed by atoms with Gasteiger partial charge >= 0.3 is 0 Å². The molecule has 0 aliphatic rings. The van der Waals surface area contributed by atoms with Crippen molar-refractivity contribution in [3.05, 3.63) is 64.4 Å². The fourth-order valence-electron chi connectivity index (χ4n) is 1.93. The van der Waals surface area contributed by atoms with E-state index < -0.39 is 0 Å². The van der Waals surface area contributed by atoms with E-state index in [2.05, 4.69) is 20.9 Å². The van der Waals surface area contributed by atoms with Crippen LogP contribution in [0.15, 0.2) is 53.0 Å². The molecule has 0 aliphatic heterocycles. The number of halogens is 2. The molecule has 5 heteroatoms. The molecule has 0 N–H and O–H groups in total. The minimum absolute atomic E-state index is 0.196. The third kappa shape index (κ3) is 2.78. The highest BCUT2D eigenvalue weighted by molar-refractivity contribution is 9.10. The van der Waals surface area contributed by atoms with E-state index in [1.807, 2.05) is 24.3 Å². The first-order valence-electron chi connectivity index (χ1n) is 6.15. The number of benzene rings is 2. The monoisotopic (exact) mass is 345 g/mol. The van der Waals surface area contributed by atoms with Crippen LogP contribution in [0.2, 0.25) is 0 Å². The number of ether oxygens (including phenoxy) is 1. The third-order valence-electron chi connectivity index (χ3n) is 2.95. The van der Waals surface area contributed by atoms with Crippen LogP contribution in [-0.2, 0) is 0 Å². The number of rotatable bonds is 3. The molecule has 0 saturated heterocycles. The second kappa shape index (κ2) is 5.61. The lowest BCUT2D eigenvalue weighted by Gasteiger charge is -2.09. The number of nitrogens with zero attached hydrogens (tertiary/aromatic N) is 1. The normalized spacial score (nSPS) is 10.6. The van der Waals surface area contributed by atoms with Gasteiger partial charge in [-0.3, -0.25) is 4.79 Å². The molecule has 1 aromatic heterocycles. The zero-order valence-electron chi connectivity index (χ0n) is 10.7. The predicted molar refractivity (Wildman–Crippen MR) is 81.3 cm³/mol. The molecule has 104 valence electrons. The minimum atomic E-state index is -0.385. The van der Waals surface area contributed by atoms with Gasteiger partial charge in [0, 0.05) is 5.39 Å². The maximum Gasteiger partial charge on any atom is 0.230 e. The summed E-state index contributed by atoms with van der Waals surface area (Å²) < 4.78 is 19.1. The summed E-state index contributed by atoms with van der Waals surface area (Å²) in [6.07, 6.45) is 0.688. The van der Waals surface area contributed by atoms with Gasteiger partial charge in [0.25, 0.3) is 0 Å². The van der Waals surface area contributed by atoms with Crippen LogP contribution < -0.4 is 4.74 Å². The van der Waals surface area contributed by atoms with Crippen molar-refractivity contribution >= 4 is 33.1 Å². The van der Waals surface area contributed by atoms with E-state index in [1.54, 1.807) is 6.07 Å². The standard InChI is InChI=1S/C16H9BrFNO2/c17-13-8-12(5-6-14(13)18)21-16-11(9-20)7-10-3-1-2-4-15(10)19-16/h1-9H. The molecule has 1 heterocycles. The predicted octanol–water partition coefficient (Wildman–Crippen LogP) is 4.74. The summed E-state index contributed by atoms with van der Waals surface area (Å²) in [4.78, 5) is 15.5. The molecule has 0 fully saturated rings. The molecule has 3 nitrogen and oxygen atoms in total. The van der Waals surface area contributed by atoms with E-state index in [-0.39, 0.29) is 16.2 Å². The van der Waals surface area contributed by atoms with Crippen LogP contribution in [0.5, 0.6) is 11.6 Å². The summed E-state index contributed by atoms with van der Waals surface area (Å²) in [6.45, 7) is 0. The highest BCUT2D eigenvalue weighted by Gasteiger charge is 2.10. The van der Waals surface area contributed by atoms with E-state index in [9.17, 15) is 9.18 Å². The Hall–Kier alpha value is -2.27. The van der Waals surface area contributed by atoms with Crippen LogP contribution in [0.1, 0.15) is 10.4 Å². The number of para-hydroxylation sites is 1. The van der Waals surface area contributed by atoms with Crippen molar-refractivity contribution < 1.29 is 13.9 Å². The van der Waals surface area contributed by atoms with Crippen LogP contribution in [0.25, 0.3) is 10.9 Å². The summed E-state index contributed by atoms with van der Waals surface area (Å²) >= 11 is 3.09. The van der Waals surface area contributed by atoms with Crippen LogP contribution in [0, 0.1) is 5.82 Å². The largest absolute Gasteiger partial charge is 0.438 e. The number of hydrogen-bond donors (Lipinski definition) is 0. The average Bonchev–Trinajstić information content (AvgIpc) is 2.50. The smallest absolute Gasteiger partial charge is 0.230 e. The van der Waals surface area contributed by atoms with E-state index in [0.29, 0.717) is 17.6 Å². The van der Waals surface area contributed by atoms with Gasteiger partial charge in [0.05, 0.1) is 15.6 Å². The third-order valence-corrected chi connectivity index (χ3v) is 3.56. The number of aromatic nitrogens is 1. The molecule has 0 radical (unpaired) electrons. The van der Waals surface area contributed by atoms with Crippen molar-refractivity contribution in [2.24, 2.45) is 0 Å². The van der Waals surface area contributed by atoms with Gasteiger partial charge in [-0.25, -0.2) is 9.37 Å². The number of carbonyl (C=O) groups is 1. The Bertz CT molecular complexity index is 836. The first-order valence-corrected chi connectivity index (χ1v) is 6.94. The zero-order valence-corrected chi connectivity index (χ0v) is 12.3. The van der Waals surface area contributed by atoms with E-state index >= 15 is 0 Å². The van der Waals surface area contributed by atoms with Crippen LogP contribution in [0.3, 0.4) is 0 Å². The van der Waals surface area contributed by atoms with Gasteiger partial charge in [0.15, 0.2) is 6.29 Å². The van der Waals surface area contributed by atoms with Crippen molar-refractivity contribution in [3.8, 4) is 11.6 Å². The lowest BCUT2D eigenvalue weighted by molar-refractivity contribution is 0.112. The number of pyridine rings is 1. The molecule has 3 aromatic rings. The maximum atomic E-state index is 13.2. The van der Waals surface area contributed by atoms with Gasteiger partial charge in [-0.05, 0) is 46.3 Å². The first-order chi connectivity index (χ1) is 10.2. The minimum Gasteiger partial charge on any atom is -0.438 e. The number of fused-ring (bicyclic) bond motifs is 1. The van der Waals surface area contributed by atoms with Crippen molar-refractivity contribution in [2.45, 2.75) is 0 Å². The maximum absolute atomic E-state index is 13.2. The summed E-state index contributed by atoms with van der Waals surface area (Å²) in [5.41, 5.74) is 1.06. The number of hydrogen-bond acceptors (Lipinski definition) is 3. The van der Waals surface area contributed by atoms with Crippen molar-refractivity contribution in [1.29, 1.82) is 0 Å². The Kier molecular flexibility index (Phi) is 3.66. The Morgan fingerprint density at radius 2 is 1.95 bits per heavy atom. The molecular formula is C16H9BrFNO2. The summed E-state index contributed by atoms with van der Waals surface area (Å²) in [5.74, 6) is 0.209. The second-order valence-corrected chi connectivity index (χ2v) is 5.23. The summed E-state index contributed by atoms with van der Waals surface area (Å²) in [7, 11) is 0. The second-order valence-electron chi connectivity index (χ2n) is 4.37. The molecule has 0 bridgehead atoms. The SMILES string of the molecule is O=Cc1cc2ccccc2nc1Oc1ccc(F)c(Br)c1. The Morgan fingerprint density at radius 1 is 1.14 bits per heavy atom. The Balaban J connectivity index is 2.06. The molecule has 3 rings (SSSR count). The molecule has 21 heavy (non-hydrogen) atoms. The quantitative estimate of drug-likeness (QED) is 0.643. The molecule has 0 spiro atoms. The molecule has 0 saturated carbocycles. The Labute approximate surface area is 128 Å².